The van der Waals surface area contributed by atoms with E-state index in [1.807, 2.05) is 31.2 Å². The van der Waals surface area contributed by atoms with E-state index in [0.717, 1.165) is 5.69 Å². The zero-order chi connectivity index (χ0) is 12.3. The van der Waals surface area contributed by atoms with E-state index in [1.165, 1.54) is 0 Å². The Morgan fingerprint density at radius 1 is 1.24 bits per heavy atom. The minimum absolute atomic E-state index is 0.179. The Bertz CT molecular complexity index is 537. The molecule has 0 saturated heterocycles. The molecule has 0 spiro atoms. The van der Waals surface area contributed by atoms with Gasteiger partial charge in [-0.15, -0.1) is 12.6 Å². The van der Waals surface area contributed by atoms with Gasteiger partial charge < -0.3 is 5.32 Å². The van der Waals surface area contributed by atoms with Gasteiger partial charge in [0.2, 0.25) is 0 Å². The monoisotopic (exact) mass is 244 g/mol. The van der Waals surface area contributed by atoms with Gasteiger partial charge in [-0.2, -0.15) is 0 Å². The summed E-state index contributed by atoms with van der Waals surface area (Å²) in [6, 6.07) is 10.8. The van der Waals surface area contributed by atoms with Gasteiger partial charge in [0.1, 0.15) is 0 Å². The molecule has 3 nitrogen and oxygen atoms in total. The van der Waals surface area contributed by atoms with Crippen molar-refractivity contribution in [2.75, 3.05) is 5.32 Å². The van der Waals surface area contributed by atoms with E-state index in [4.69, 9.17) is 0 Å². The number of benzene rings is 1. The molecule has 0 atom stereocenters. The molecule has 0 radical (unpaired) electrons. The summed E-state index contributed by atoms with van der Waals surface area (Å²) in [7, 11) is 0. The SMILES string of the molecule is Cc1ccc(NC(=O)c2ccccc2S)cn1. The Balaban J connectivity index is 2.17. The first-order valence-corrected chi connectivity index (χ1v) is 5.63. The molecule has 4 heteroatoms. The summed E-state index contributed by atoms with van der Waals surface area (Å²) in [4.78, 5) is 16.7. The van der Waals surface area contributed by atoms with Crippen molar-refractivity contribution >= 4 is 24.2 Å². The number of thiol groups is 1. The van der Waals surface area contributed by atoms with Crippen molar-refractivity contribution in [3.05, 3.63) is 53.9 Å². The van der Waals surface area contributed by atoms with E-state index < -0.39 is 0 Å². The number of aromatic nitrogens is 1. The molecule has 0 saturated carbocycles. The molecular formula is C13H12N2OS. The standard InChI is InChI=1S/C13H12N2OS/c1-9-6-7-10(8-14-9)15-13(16)11-4-2-3-5-12(11)17/h2-8,17H,1H3,(H,15,16). The van der Waals surface area contributed by atoms with Crippen molar-refractivity contribution in [1.82, 2.24) is 4.98 Å². The minimum atomic E-state index is -0.179. The van der Waals surface area contributed by atoms with Crippen LogP contribution in [0.1, 0.15) is 16.1 Å². The van der Waals surface area contributed by atoms with Gasteiger partial charge in [0.25, 0.3) is 5.91 Å². The van der Waals surface area contributed by atoms with Gasteiger partial charge in [-0.25, -0.2) is 0 Å². The van der Waals surface area contributed by atoms with Crippen LogP contribution in [0.15, 0.2) is 47.5 Å². The Morgan fingerprint density at radius 2 is 2.00 bits per heavy atom. The van der Waals surface area contributed by atoms with E-state index in [0.29, 0.717) is 16.1 Å². The third-order valence-corrected chi connectivity index (χ3v) is 2.71. The zero-order valence-electron chi connectivity index (χ0n) is 9.34. The summed E-state index contributed by atoms with van der Waals surface area (Å²) < 4.78 is 0. The van der Waals surface area contributed by atoms with Gasteiger partial charge in [-0.05, 0) is 31.2 Å². The molecule has 1 N–H and O–H groups in total. The molecule has 0 aliphatic rings. The number of hydrogen-bond acceptors (Lipinski definition) is 3. The van der Waals surface area contributed by atoms with Crippen molar-refractivity contribution in [2.45, 2.75) is 11.8 Å². The summed E-state index contributed by atoms with van der Waals surface area (Å²) in [5.74, 6) is -0.179. The number of carbonyl (C=O) groups excluding carboxylic acids is 1. The second kappa shape index (κ2) is 5.01. The fraction of sp³-hybridized carbons (Fsp3) is 0.0769. The highest BCUT2D eigenvalue weighted by Gasteiger charge is 2.08. The zero-order valence-corrected chi connectivity index (χ0v) is 10.2. The molecule has 0 bridgehead atoms. The molecule has 0 aliphatic carbocycles. The van der Waals surface area contributed by atoms with Crippen LogP contribution in [0.4, 0.5) is 5.69 Å². The highest BCUT2D eigenvalue weighted by atomic mass is 32.1. The Kier molecular flexibility index (Phi) is 3.44. The Labute approximate surface area is 105 Å². The van der Waals surface area contributed by atoms with Crippen molar-refractivity contribution in [3.63, 3.8) is 0 Å². The van der Waals surface area contributed by atoms with Crippen LogP contribution in [0.5, 0.6) is 0 Å². The number of hydrogen-bond donors (Lipinski definition) is 2. The summed E-state index contributed by atoms with van der Waals surface area (Å²) in [5.41, 5.74) is 2.14. The molecule has 1 amide bonds. The van der Waals surface area contributed by atoms with E-state index in [2.05, 4.69) is 22.9 Å². The van der Waals surface area contributed by atoms with Crippen LogP contribution in [0.25, 0.3) is 0 Å². The Hall–Kier alpha value is -1.81. The lowest BCUT2D eigenvalue weighted by Gasteiger charge is -2.06. The minimum Gasteiger partial charge on any atom is -0.321 e. The maximum atomic E-state index is 11.9. The topological polar surface area (TPSA) is 42.0 Å². The summed E-state index contributed by atoms with van der Waals surface area (Å²) >= 11 is 4.24. The number of pyridine rings is 1. The van der Waals surface area contributed by atoms with Gasteiger partial charge in [0.05, 0.1) is 17.4 Å². The van der Waals surface area contributed by atoms with E-state index >= 15 is 0 Å². The average Bonchev–Trinajstić information content (AvgIpc) is 2.32. The first-order valence-electron chi connectivity index (χ1n) is 5.19. The van der Waals surface area contributed by atoms with Gasteiger partial charge in [0, 0.05) is 10.6 Å². The van der Waals surface area contributed by atoms with Gasteiger partial charge >= 0.3 is 0 Å². The van der Waals surface area contributed by atoms with Crippen molar-refractivity contribution in [2.24, 2.45) is 0 Å². The van der Waals surface area contributed by atoms with Gasteiger partial charge in [-0.3, -0.25) is 9.78 Å². The third kappa shape index (κ3) is 2.85. The van der Waals surface area contributed by atoms with Crippen LogP contribution in [-0.4, -0.2) is 10.9 Å². The highest BCUT2D eigenvalue weighted by Crippen LogP contribution is 2.15. The van der Waals surface area contributed by atoms with Crippen molar-refractivity contribution in [3.8, 4) is 0 Å². The van der Waals surface area contributed by atoms with Crippen LogP contribution in [-0.2, 0) is 0 Å². The van der Waals surface area contributed by atoms with E-state index in [9.17, 15) is 4.79 Å². The first-order chi connectivity index (χ1) is 8.16. The lowest BCUT2D eigenvalue weighted by Crippen LogP contribution is -2.12. The summed E-state index contributed by atoms with van der Waals surface area (Å²) in [6.45, 7) is 1.90. The molecule has 1 aromatic carbocycles. The molecule has 2 rings (SSSR count). The molecule has 0 aliphatic heterocycles. The molecule has 0 fully saturated rings. The predicted molar refractivity (Wildman–Crippen MR) is 70.6 cm³/mol. The van der Waals surface area contributed by atoms with Crippen LogP contribution in [0, 0.1) is 6.92 Å². The van der Waals surface area contributed by atoms with Crippen LogP contribution in [0.3, 0.4) is 0 Å². The van der Waals surface area contributed by atoms with E-state index in [1.54, 1.807) is 18.3 Å². The lowest BCUT2D eigenvalue weighted by atomic mass is 10.2. The lowest BCUT2D eigenvalue weighted by molar-refractivity contribution is 0.102. The molecule has 17 heavy (non-hydrogen) atoms. The fourth-order valence-electron chi connectivity index (χ4n) is 1.41. The largest absolute Gasteiger partial charge is 0.321 e. The number of rotatable bonds is 2. The normalized spacial score (nSPS) is 10.0. The summed E-state index contributed by atoms with van der Waals surface area (Å²) in [5, 5.41) is 2.78. The molecule has 1 heterocycles. The van der Waals surface area contributed by atoms with E-state index in [-0.39, 0.29) is 5.91 Å². The quantitative estimate of drug-likeness (QED) is 0.798. The number of anilines is 1. The number of aryl methyl sites for hydroxylation is 1. The number of nitrogens with one attached hydrogen (secondary N) is 1. The third-order valence-electron chi connectivity index (χ3n) is 2.32. The fourth-order valence-corrected chi connectivity index (χ4v) is 1.67. The number of carbonyl (C=O) groups is 1. The molecule has 86 valence electrons. The van der Waals surface area contributed by atoms with Crippen LogP contribution in [0.2, 0.25) is 0 Å². The summed E-state index contributed by atoms with van der Waals surface area (Å²) in [6.07, 6.45) is 1.63. The van der Waals surface area contributed by atoms with Crippen molar-refractivity contribution < 1.29 is 4.79 Å². The van der Waals surface area contributed by atoms with Crippen LogP contribution < -0.4 is 5.32 Å². The molecular weight excluding hydrogens is 232 g/mol. The number of nitrogens with zero attached hydrogens (tertiary/aromatic N) is 1. The Morgan fingerprint density at radius 3 is 2.65 bits per heavy atom. The van der Waals surface area contributed by atoms with Gasteiger partial charge in [-0.1, -0.05) is 12.1 Å². The first kappa shape index (κ1) is 11.7. The molecule has 2 aromatic rings. The second-order valence-corrected chi connectivity index (χ2v) is 4.14. The van der Waals surface area contributed by atoms with Crippen LogP contribution >= 0.6 is 12.6 Å². The average molecular weight is 244 g/mol. The maximum absolute atomic E-state index is 11.9. The van der Waals surface area contributed by atoms with Gasteiger partial charge in [0.15, 0.2) is 0 Å². The second-order valence-electron chi connectivity index (χ2n) is 3.66. The molecule has 1 aromatic heterocycles. The highest BCUT2D eigenvalue weighted by molar-refractivity contribution is 7.80. The predicted octanol–water partition coefficient (Wildman–Crippen LogP) is 2.93. The maximum Gasteiger partial charge on any atom is 0.256 e. The smallest absolute Gasteiger partial charge is 0.256 e. The molecule has 0 unspecified atom stereocenters. The number of amides is 1. The van der Waals surface area contributed by atoms with Crippen molar-refractivity contribution in [1.29, 1.82) is 0 Å².